The van der Waals surface area contributed by atoms with Crippen molar-refractivity contribution in [3.05, 3.63) is 0 Å². The maximum Gasteiger partial charge on any atom is 0.234 e. The van der Waals surface area contributed by atoms with Gasteiger partial charge in [-0.15, -0.1) is 0 Å². The number of aliphatic hydroxyl groups is 1. The fourth-order valence-corrected chi connectivity index (χ4v) is 0.634. The van der Waals surface area contributed by atoms with Crippen molar-refractivity contribution in [2.75, 3.05) is 6.54 Å². The van der Waals surface area contributed by atoms with Crippen molar-refractivity contribution >= 4 is 5.91 Å². The summed E-state index contributed by atoms with van der Waals surface area (Å²) in [5.74, 6) is -0.205. The Morgan fingerprint density at radius 2 is 2.00 bits per heavy atom. The zero-order valence-corrected chi connectivity index (χ0v) is 7.87. The Balaban J connectivity index is 3.61. The number of nitrogens with one attached hydrogen (secondary N) is 1. The molecular formula is C8H18N2O2. The number of hydrogen-bond donors (Lipinski definition) is 3. The van der Waals surface area contributed by atoms with Gasteiger partial charge < -0.3 is 16.2 Å². The van der Waals surface area contributed by atoms with E-state index in [0.717, 1.165) is 0 Å². The third kappa shape index (κ3) is 4.31. The first-order chi connectivity index (χ1) is 5.45. The Morgan fingerprint density at radius 1 is 1.50 bits per heavy atom. The molecule has 0 rings (SSSR count). The Labute approximate surface area is 73.1 Å². The van der Waals surface area contributed by atoms with E-state index in [1.54, 1.807) is 6.92 Å². The topological polar surface area (TPSA) is 75.3 Å². The zero-order chi connectivity index (χ0) is 9.72. The van der Waals surface area contributed by atoms with Gasteiger partial charge in [-0.3, -0.25) is 4.79 Å². The van der Waals surface area contributed by atoms with Crippen molar-refractivity contribution in [3.8, 4) is 0 Å². The average molecular weight is 174 g/mol. The molecule has 4 nitrogen and oxygen atoms in total. The van der Waals surface area contributed by atoms with Gasteiger partial charge in [0, 0.05) is 6.54 Å². The standard InChI is InChI=1S/C8H18N2O2/c1-5(2)7(11)4-10-6(3)8(9)12/h5-7,10-11H,4H2,1-3H3,(H2,9,12). The summed E-state index contributed by atoms with van der Waals surface area (Å²) in [6, 6.07) is -0.376. The van der Waals surface area contributed by atoms with Gasteiger partial charge >= 0.3 is 0 Å². The van der Waals surface area contributed by atoms with Crippen molar-refractivity contribution in [2.45, 2.75) is 32.9 Å². The van der Waals surface area contributed by atoms with Crippen molar-refractivity contribution in [1.29, 1.82) is 0 Å². The number of carbonyl (C=O) groups excluding carboxylic acids is 1. The highest BCUT2D eigenvalue weighted by Gasteiger charge is 2.12. The van der Waals surface area contributed by atoms with Gasteiger partial charge in [0.15, 0.2) is 0 Å². The van der Waals surface area contributed by atoms with Crippen molar-refractivity contribution in [2.24, 2.45) is 11.7 Å². The molecule has 0 spiro atoms. The summed E-state index contributed by atoms with van der Waals surface area (Å²) >= 11 is 0. The van der Waals surface area contributed by atoms with Crippen LogP contribution in [0.2, 0.25) is 0 Å². The molecule has 0 aliphatic carbocycles. The molecule has 0 radical (unpaired) electrons. The summed E-state index contributed by atoms with van der Waals surface area (Å²) in [7, 11) is 0. The van der Waals surface area contributed by atoms with Crippen LogP contribution in [0.5, 0.6) is 0 Å². The van der Waals surface area contributed by atoms with Crippen molar-refractivity contribution < 1.29 is 9.90 Å². The molecule has 2 unspecified atom stereocenters. The number of nitrogens with two attached hydrogens (primary N) is 1. The normalized spacial score (nSPS) is 16.1. The number of rotatable bonds is 5. The second-order valence-corrected chi connectivity index (χ2v) is 3.34. The molecule has 0 aromatic carbocycles. The molecule has 0 saturated heterocycles. The van der Waals surface area contributed by atoms with Crippen LogP contribution in [0.4, 0.5) is 0 Å². The molecule has 0 heterocycles. The van der Waals surface area contributed by atoms with Crippen LogP contribution in [0, 0.1) is 5.92 Å². The van der Waals surface area contributed by atoms with Crippen LogP contribution in [-0.2, 0) is 4.79 Å². The highest BCUT2D eigenvalue weighted by Crippen LogP contribution is 1.99. The maximum atomic E-state index is 10.6. The predicted molar refractivity (Wildman–Crippen MR) is 47.5 cm³/mol. The first-order valence-corrected chi connectivity index (χ1v) is 4.16. The van der Waals surface area contributed by atoms with Gasteiger partial charge in [0.05, 0.1) is 12.1 Å². The van der Waals surface area contributed by atoms with Crippen LogP contribution in [0.3, 0.4) is 0 Å². The Hall–Kier alpha value is -0.610. The van der Waals surface area contributed by atoms with E-state index in [1.807, 2.05) is 13.8 Å². The van der Waals surface area contributed by atoms with Crippen LogP contribution >= 0.6 is 0 Å². The van der Waals surface area contributed by atoms with E-state index in [2.05, 4.69) is 5.32 Å². The van der Waals surface area contributed by atoms with E-state index in [4.69, 9.17) is 5.73 Å². The molecule has 4 N–H and O–H groups in total. The minimum atomic E-state index is -0.424. The molecule has 4 heteroatoms. The smallest absolute Gasteiger partial charge is 0.234 e. The van der Waals surface area contributed by atoms with Crippen LogP contribution in [0.1, 0.15) is 20.8 Å². The molecule has 0 fully saturated rings. The number of hydrogen-bond acceptors (Lipinski definition) is 3. The summed E-state index contributed by atoms with van der Waals surface area (Å²) in [5.41, 5.74) is 5.02. The maximum absolute atomic E-state index is 10.6. The van der Waals surface area contributed by atoms with Crippen LogP contribution in [0.15, 0.2) is 0 Å². The van der Waals surface area contributed by atoms with Gasteiger partial charge in [0.1, 0.15) is 0 Å². The van der Waals surface area contributed by atoms with Crippen LogP contribution in [-0.4, -0.2) is 29.7 Å². The third-order valence-corrected chi connectivity index (χ3v) is 1.83. The molecule has 0 aromatic rings. The van der Waals surface area contributed by atoms with E-state index < -0.39 is 12.0 Å². The molecule has 0 bridgehead atoms. The van der Waals surface area contributed by atoms with Crippen LogP contribution in [0.25, 0.3) is 0 Å². The van der Waals surface area contributed by atoms with E-state index >= 15 is 0 Å². The molecule has 0 saturated carbocycles. The van der Waals surface area contributed by atoms with E-state index in [-0.39, 0.29) is 12.0 Å². The van der Waals surface area contributed by atoms with Gasteiger partial charge in [-0.2, -0.15) is 0 Å². The Morgan fingerprint density at radius 3 is 2.33 bits per heavy atom. The number of amides is 1. The molecule has 0 aliphatic heterocycles. The summed E-state index contributed by atoms with van der Waals surface area (Å²) in [5, 5.41) is 12.2. The summed E-state index contributed by atoms with van der Waals surface area (Å²) in [4.78, 5) is 10.6. The first-order valence-electron chi connectivity index (χ1n) is 4.16. The molecule has 12 heavy (non-hydrogen) atoms. The number of primary amides is 1. The van der Waals surface area contributed by atoms with Gasteiger partial charge in [-0.25, -0.2) is 0 Å². The van der Waals surface area contributed by atoms with E-state index in [1.165, 1.54) is 0 Å². The predicted octanol–water partition coefficient (Wildman–Crippen LogP) is -0.533. The van der Waals surface area contributed by atoms with Gasteiger partial charge in [-0.1, -0.05) is 13.8 Å². The molecule has 1 amide bonds. The largest absolute Gasteiger partial charge is 0.392 e. The molecule has 0 aromatic heterocycles. The van der Waals surface area contributed by atoms with Crippen molar-refractivity contribution in [1.82, 2.24) is 5.32 Å². The second kappa shape index (κ2) is 5.11. The summed E-state index contributed by atoms with van der Waals surface area (Å²) in [6.07, 6.45) is -0.424. The minimum absolute atomic E-state index is 0.192. The Kier molecular flexibility index (Phi) is 4.85. The lowest BCUT2D eigenvalue weighted by molar-refractivity contribution is -0.119. The fourth-order valence-electron chi connectivity index (χ4n) is 0.634. The zero-order valence-electron chi connectivity index (χ0n) is 7.87. The fraction of sp³-hybridized carbons (Fsp3) is 0.875. The summed E-state index contributed by atoms with van der Waals surface area (Å²) in [6.45, 7) is 5.92. The second-order valence-electron chi connectivity index (χ2n) is 3.34. The highest BCUT2D eigenvalue weighted by atomic mass is 16.3. The monoisotopic (exact) mass is 174 g/mol. The lowest BCUT2D eigenvalue weighted by Crippen LogP contribution is -2.43. The summed E-state index contributed by atoms with van der Waals surface area (Å²) < 4.78 is 0. The molecule has 2 atom stereocenters. The SMILES string of the molecule is CC(NCC(O)C(C)C)C(N)=O. The van der Waals surface area contributed by atoms with Gasteiger partial charge in [0.2, 0.25) is 5.91 Å². The molecular weight excluding hydrogens is 156 g/mol. The minimum Gasteiger partial charge on any atom is -0.392 e. The van der Waals surface area contributed by atoms with Gasteiger partial charge in [-0.05, 0) is 12.8 Å². The lowest BCUT2D eigenvalue weighted by Gasteiger charge is -2.17. The average Bonchev–Trinajstić information content (AvgIpc) is 1.98. The molecule has 72 valence electrons. The third-order valence-electron chi connectivity index (χ3n) is 1.83. The van der Waals surface area contributed by atoms with E-state index in [9.17, 15) is 9.90 Å². The van der Waals surface area contributed by atoms with Gasteiger partial charge in [0.25, 0.3) is 0 Å². The highest BCUT2D eigenvalue weighted by molar-refractivity contribution is 5.79. The van der Waals surface area contributed by atoms with Crippen LogP contribution < -0.4 is 11.1 Å². The quantitative estimate of drug-likeness (QED) is 0.524. The number of aliphatic hydroxyl groups excluding tert-OH is 1. The van der Waals surface area contributed by atoms with E-state index in [0.29, 0.717) is 6.54 Å². The Bertz CT molecular complexity index is 148. The van der Waals surface area contributed by atoms with Crippen molar-refractivity contribution in [3.63, 3.8) is 0 Å². The first kappa shape index (κ1) is 11.4. The number of carbonyl (C=O) groups is 1. The molecule has 0 aliphatic rings. The lowest BCUT2D eigenvalue weighted by atomic mass is 10.1.